The van der Waals surface area contributed by atoms with Gasteiger partial charge in [0, 0.05) is 31.9 Å². The lowest BCUT2D eigenvalue weighted by Gasteiger charge is -2.24. The van der Waals surface area contributed by atoms with Crippen LogP contribution < -0.4 is 0 Å². The van der Waals surface area contributed by atoms with Gasteiger partial charge in [-0.2, -0.15) is 5.26 Å². The van der Waals surface area contributed by atoms with Gasteiger partial charge in [0.15, 0.2) is 6.29 Å². The minimum absolute atomic E-state index is 0.156. The fourth-order valence-electron chi connectivity index (χ4n) is 2.67. The molecule has 0 aromatic heterocycles. The van der Waals surface area contributed by atoms with Crippen LogP contribution in [0.5, 0.6) is 0 Å². The summed E-state index contributed by atoms with van der Waals surface area (Å²) in [5.74, 6) is -0.156. The molecule has 1 aliphatic rings. The van der Waals surface area contributed by atoms with E-state index < -0.39 is 12.3 Å². The van der Waals surface area contributed by atoms with Crippen LogP contribution in [0.4, 0.5) is 0 Å². The molecule has 0 fully saturated rings. The number of rotatable bonds is 6. The van der Waals surface area contributed by atoms with E-state index in [-0.39, 0.29) is 12.5 Å². The van der Waals surface area contributed by atoms with Crippen LogP contribution in [0.2, 0.25) is 0 Å². The van der Waals surface area contributed by atoms with Gasteiger partial charge < -0.3 is 19.3 Å². The van der Waals surface area contributed by atoms with Crippen molar-refractivity contribution in [3.8, 4) is 6.07 Å². The summed E-state index contributed by atoms with van der Waals surface area (Å²) in [5.41, 5.74) is 2.42. The van der Waals surface area contributed by atoms with Crippen LogP contribution in [-0.4, -0.2) is 56.9 Å². The third kappa shape index (κ3) is 3.12. The Balaban J connectivity index is 2.31. The zero-order valence-corrected chi connectivity index (χ0v) is 13.4. The second-order valence-corrected chi connectivity index (χ2v) is 5.55. The van der Waals surface area contributed by atoms with E-state index >= 15 is 0 Å². The number of carbonyl (C=O) groups is 1. The van der Waals surface area contributed by atoms with Gasteiger partial charge in [-0.15, -0.1) is 0 Å². The fraction of sp³-hybridized carbons (Fsp3) is 0.500. The van der Waals surface area contributed by atoms with Crippen molar-refractivity contribution in [3.05, 3.63) is 34.9 Å². The molecule has 1 aromatic carbocycles. The molecule has 2 rings (SSSR count). The van der Waals surface area contributed by atoms with E-state index in [1.165, 1.54) is 19.1 Å². The van der Waals surface area contributed by atoms with Crippen molar-refractivity contribution in [2.75, 3.05) is 34.9 Å². The SMILES string of the molecule is COC(CN1C(=O)c2ccc(CN(C)C)cc2C1C#N)OC. The van der Waals surface area contributed by atoms with E-state index in [0.29, 0.717) is 5.56 Å². The summed E-state index contributed by atoms with van der Waals surface area (Å²) in [6.07, 6.45) is -0.546. The Hall–Kier alpha value is -1.94. The Morgan fingerprint density at radius 3 is 2.59 bits per heavy atom. The van der Waals surface area contributed by atoms with E-state index in [9.17, 15) is 10.1 Å². The number of fused-ring (bicyclic) bond motifs is 1. The van der Waals surface area contributed by atoms with Gasteiger partial charge in [0.1, 0.15) is 6.04 Å². The number of ether oxygens (including phenoxy) is 2. The normalized spacial score (nSPS) is 17.2. The molecule has 0 saturated heterocycles. The molecule has 1 unspecified atom stereocenters. The van der Waals surface area contributed by atoms with Gasteiger partial charge in [-0.25, -0.2) is 0 Å². The molecular weight excluding hydrogens is 282 g/mol. The Bertz CT molecular complexity index is 591. The maximum atomic E-state index is 12.5. The first kappa shape index (κ1) is 16.4. The maximum absolute atomic E-state index is 12.5. The van der Waals surface area contributed by atoms with Crippen LogP contribution >= 0.6 is 0 Å². The highest BCUT2D eigenvalue weighted by atomic mass is 16.7. The lowest BCUT2D eigenvalue weighted by molar-refractivity contribution is -0.113. The number of benzene rings is 1. The lowest BCUT2D eigenvalue weighted by Crippen LogP contribution is -2.36. The van der Waals surface area contributed by atoms with Crippen LogP contribution in [0, 0.1) is 11.3 Å². The van der Waals surface area contributed by atoms with E-state index in [1.807, 2.05) is 31.1 Å². The van der Waals surface area contributed by atoms with Crippen LogP contribution in [0.1, 0.15) is 27.5 Å². The van der Waals surface area contributed by atoms with Crippen molar-refractivity contribution in [3.63, 3.8) is 0 Å². The summed E-state index contributed by atoms with van der Waals surface area (Å²) in [6, 6.07) is 7.29. The number of amides is 1. The maximum Gasteiger partial charge on any atom is 0.255 e. The molecule has 1 aromatic rings. The number of hydrogen-bond donors (Lipinski definition) is 0. The van der Waals surface area contributed by atoms with Crippen molar-refractivity contribution in [1.29, 1.82) is 5.26 Å². The molecule has 6 heteroatoms. The molecule has 1 atom stereocenters. The van der Waals surface area contributed by atoms with Crippen molar-refractivity contribution in [1.82, 2.24) is 9.80 Å². The molecule has 118 valence electrons. The topological polar surface area (TPSA) is 65.8 Å². The average Bonchev–Trinajstić information content (AvgIpc) is 2.75. The number of nitrogens with zero attached hydrogens (tertiary/aromatic N) is 3. The zero-order chi connectivity index (χ0) is 16.3. The molecule has 1 amide bonds. The highest BCUT2D eigenvalue weighted by Crippen LogP contribution is 2.34. The van der Waals surface area contributed by atoms with Gasteiger partial charge in [-0.3, -0.25) is 4.79 Å². The Morgan fingerprint density at radius 2 is 2.05 bits per heavy atom. The van der Waals surface area contributed by atoms with E-state index in [0.717, 1.165) is 17.7 Å². The summed E-state index contributed by atoms with van der Waals surface area (Å²) in [4.78, 5) is 16.1. The van der Waals surface area contributed by atoms with Crippen molar-refractivity contribution < 1.29 is 14.3 Å². The summed E-state index contributed by atoms with van der Waals surface area (Å²) in [5, 5.41) is 9.50. The van der Waals surface area contributed by atoms with Gasteiger partial charge in [0.25, 0.3) is 5.91 Å². The first-order chi connectivity index (χ1) is 10.5. The molecule has 0 saturated carbocycles. The summed E-state index contributed by atoms with van der Waals surface area (Å²) in [6.45, 7) is 0.986. The number of nitriles is 1. The number of carbonyl (C=O) groups excluding carboxylic acids is 1. The highest BCUT2D eigenvalue weighted by Gasteiger charge is 2.38. The predicted octanol–water partition coefficient (Wildman–Crippen LogP) is 1.39. The quantitative estimate of drug-likeness (QED) is 0.743. The Morgan fingerprint density at radius 1 is 1.36 bits per heavy atom. The third-order valence-electron chi connectivity index (χ3n) is 3.71. The molecule has 6 nitrogen and oxygen atoms in total. The molecular formula is C16H21N3O3. The van der Waals surface area contributed by atoms with Gasteiger partial charge in [0.05, 0.1) is 12.6 Å². The first-order valence-electron chi connectivity index (χ1n) is 7.05. The fourth-order valence-corrected chi connectivity index (χ4v) is 2.67. The highest BCUT2D eigenvalue weighted by molar-refractivity contribution is 5.99. The smallest absolute Gasteiger partial charge is 0.255 e. The summed E-state index contributed by atoms with van der Waals surface area (Å²) < 4.78 is 10.3. The van der Waals surface area contributed by atoms with Crippen LogP contribution in [-0.2, 0) is 16.0 Å². The van der Waals surface area contributed by atoms with E-state index in [4.69, 9.17) is 9.47 Å². The van der Waals surface area contributed by atoms with Crippen molar-refractivity contribution >= 4 is 5.91 Å². The average molecular weight is 303 g/mol. The summed E-state index contributed by atoms with van der Waals surface area (Å²) in [7, 11) is 6.99. The van der Waals surface area contributed by atoms with Gasteiger partial charge in [-0.05, 0) is 25.7 Å². The van der Waals surface area contributed by atoms with Gasteiger partial charge >= 0.3 is 0 Å². The van der Waals surface area contributed by atoms with Gasteiger partial charge in [-0.1, -0.05) is 12.1 Å². The minimum atomic E-state index is -0.600. The third-order valence-corrected chi connectivity index (χ3v) is 3.71. The number of methoxy groups -OCH3 is 2. The Kier molecular flexibility index (Phi) is 5.14. The van der Waals surface area contributed by atoms with Crippen molar-refractivity contribution in [2.45, 2.75) is 18.9 Å². The van der Waals surface area contributed by atoms with Crippen LogP contribution in [0.25, 0.3) is 0 Å². The minimum Gasteiger partial charge on any atom is -0.354 e. The molecule has 0 N–H and O–H groups in total. The van der Waals surface area contributed by atoms with E-state index in [1.54, 1.807) is 6.07 Å². The molecule has 1 heterocycles. The largest absolute Gasteiger partial charge is 0.354 e. The lowest BCUT2D eigenvalue weighted by atomic mass is 10.0. The zero-order valence-electron chi connectivity index (χ0n) is 13.4. The standard InChI is InChI=1S/C16H21N3O3/c1-18(2)9-11-5-6-12-13(7-11)14(8-17)19(16(12)20)10-15(21-3)22-4/h5-7,14-15H,9-10H2,1-4H3. The monoisotopic (exact) mass is 303 g/mol. The second-order valence-electron chi connectivity index (χ2n) is 5.55. The molecule has 1 aliphatic heterocycles. The van der Waals surface area contributed by atoms with E-state index in [2.05, 4.69) is 6.07 Å². The summed E-state index contributed by atoms with van der Waals surface area (Å²) >= 11 is 0. The van der Waals surface area contributed by atoms with Gasteiger partial charge in [0.2, 0.25) is 0 Å². The first-order valence-corrected chi connectivity index (χ1v) is 7.05. The predicted molar refractivity (Wildman–Crippen MR) is 81.0 cm³/mol. The molecule has 0 spiro atoms. The Labute approximate surface area is 130 Å². The van der Waals surface area contributed by atoms with Crippen LogP contribution in [0.15, 0.2) is 18.2 Å². The molecule has 0 bridgehead atoms. The number of hydrogen-bond acceptors (Lipinski definition) is 5. The molecule has 0 aliphatic carbocycles. The molecule has 0 radical (unpaired) electrons. The second kappa shape index (κ2) is 6.88. The molecule has 22 heavy (non-hydrogen) atoms. The van der Waals surface area contributed by atoms with Crippen molar-refractivity contribution in [2.24, 2.45) is 0 Å². The van der Waals surface area contributed by atoms with Crippen LogP contribution in [0.3, 0.4) is 0 Å².